The average molecular weight is 206 g/mol. The van der Waals surface area contributed by atoms with Crippen LogP contribution >= 0.6 is 11.3 Å². The molecular formula is C10H10N2OS. The number of rotatable bonds is 1. The maximum absolute atomic E-state index is 9.36. The SMILES string of the molecule is Cc1ccc(O)cc1-c1cnc(N)s1. The van der Waals surface area contributed by atoms with Crippen molar-refractivity contribution >= 4 is 16.5 Å². The highest BCUT2D eigenvalue weighted by atomic mass is 32.1. The van der Waals surface area contributed by atoms with E-state index in [-0.39, 0.29) is 5.75 Å². The van der Waals surface area contributed by atoms with Gasteiger partial charge in [0.2, 0.25) is 0 Å². The van der Waals surface area contributed by atoms with E-state index in [4.69, 9.17) is 5.73 Å². The fraction of sp³-hybridized carbons (Fsp3) is 0.100. The molecule has 0 saturated heterocycles. The molecule has 72 valence electrons. The molecule has 4 heteroatoms. The molecule has 0 amide bonds. The molecule has 1 aromatic heterocycles. The number of hydrogen-bond acceptors (Lipinski definition) is 4. The smallest absolute Gasteiger partial charge is 0.180 e. The Morgan fingerprint density at radius 1 is 1.43 bits per heavy atom. The Morgan fingerprint density at radius 3 is 2.86 bits per heavy atom. The third-order valence-corrected chi connectivity index (χ3v) is 2.87. The van der Waals surface area contributed by atoms with Gasteiger partial charge in [0.15, 0.2) is 5.13 Å². The van der Waals surface area contributed by atoms with Crippen molar-refractivity contribution in [2.24, 2.45) is 0 Å². The first-order valence-electron chi connectivity index (χ1n) is 4.18. The molecule has 0 aliphatic carbocycles. The number of thiazole rings is 1. The third-order valence-electron chi connectivity index (χ3n) is 2.01. The molecule has 0 bridgehead atoms. The molecule has 2 aromatic rings. The van der Waals surface area contributed by atoms with E-state index in [2.05, 4.69) is 4.98 Å². The van der Waals surface area contributed by atoms with Crippen LogP contribution in [-0.4, -0.2) is 10.1 Å². The van der Waals surface area contributed by atoms with Gasteiger partial charge in [0.1, 0.15) is 5.75 Å². The van der Waals surface area contributed by atoms with Gasteiger partial charge in [0, 0.05) is 6.20 Å². The number of aromatic hydroxyl groups is 1. The van der Waals surface area contributed by atoms with Crippen molar-refractivity contribution in [2.45, 2.75) is 6.92 Å². The van der Waals surface area contributed by atoms with E-state index in [1.807, 2.05) is 13.0 Å². The van der Waals surface area contributed by atoms with Gasteiger partial charge in [-0.15, -0.1) is 0 Å². The molecule has 3 N–H and O–H groups in total. The molecule has 1 heterocycles. The van der Waals surface area contributed by atoms with Crippen LogP contribution in [0.5, 0.6) is 5.75 Å². The molecule has 2 rings (SSSR count). The van der Waals surface area contributed by atoms with Crippen LogP contribution in [0.4, 0.5) is 5.13 Å². The van der Waals surface area contributed by atoms with Crippen molar-refractivity contribution in [1.82, 2.24) is 4.98 Å². The number of phenols is 1. The molecule has 1 aromatic carbocycles. The fourth-order valence-corrected chi connectivity index (χ4v) is 2.05. The van der Waals surface area contributed by atoms with Crippen LogP contribution in [0.3, 0.4) is 0 Å². The van der Waals surface area contributed by atoms with E-state index in [0.29, 0.717) is 5.13 Å². The first-order valence-corrected chi connectivity index (χ1v) is 5.00. The van der Waals surface area contributed by atoms with Crippen LogP contribution in [-0.2, 0) is 0 Å². The van der Waals surface area contributed by atoms with Gasteiger partial charge < -0.3 is 10.8 Å². The van der Waals surface area contributed by atoms with Gasteiger partial charge >= 0.3 is 0 Å². The molecule has 0 atom stereocenters. The van der Waals surface area contributed by atoms with Crippen molar-refractivity contribution in [1.29, 1.82) is 0 Å². The van der Waals surface area contributed by atoms with E-state index in [9.17, 15) is 5.11 Å². The number of anilines is 1. The summed E-state index contributed by atoms with van der Waals surface area (Å²) < 4.78 is 0. The number of nitrogens with zero attached hydrogens (tertiary/aromatic N) is 1. The van der Waals surface area contributed by atoms with Crippen LogP contribution < -0.4 is 5.73 Å². The summed E-state index contributed by atoms with van der Waals surface area (Å²) >= 11 is 1.42. The van der Waals surface area contributed by atoms with Gasteiger partial charge in [0.05, 0.1) is 4.88 Å². The highest BCUT2D eigenvalue weighted by molar-refractivity contribution is 7.18. The summed E-state index contributed by atoms with van der Waals surface area (Å²) in [4.78, 5) is 4.96. The predicted molar refractivity (Wildman–Crippen MR) is 58.4 cm³/mol. The van der Waals surface area contributed by atoms with Crippen LogP contribution in [0.25, 0.3) is 10.4 Å². The lowest BCUT2D eigenvalue weighted by molar-refractivity contribution is 0.475. The Labute approximate surface area is 85.8 Å². The molecule has 0 unspecified atom stereocenters. The fourth-order valence-electron chi connectivity index (χ4n) is 1.29. The zero-order valence-corrected chi connectivity index (χ0v) is 8.51. The van der Waals surface area contributed by atoms with Crippen molar-refractivity contribution in [2.75, 3.05) is 5.73 Å². The summed E-state index contributed by atoms with van der Waals surface area (Å²) in [5.41, 5.74) is 7.64. The summed E-state index contributed by atoms with van der Waals surface area (Å²) in [5, 5.41) is 9.90. The quantitative estimate of drug-likeness (QED) is 0.753. The number of benzene rings is 1. The molecule has 0 fully saturated rings. The van der Waals surface area contributed by atoms with Gasteiger partial charge in [-0.2, -0.15) is 0 Å². The van der Waals surface area contributed by atoms with Gasteiger partial charge in [-0.3, -0.25) is 0 Å². The Hall–Kier alpha value is -1.55. The molecule has 14 heavy (non-hydrogen) atoms. The minimum Gasteiger partial charge on any atom is -0.508 e. The number of nitrogens with two attached hydrogens (primary N) is 1. The molecule has 0 spiro atoms. The number of aromatic nitrogens is 1. The largest absolute Gasteiger partial charge is 0.508 e. The lowest BCUT2D eigenvalue weighted by Crippen LogP contribution is -1.79. The van der Waals surface area contributed by atoms with E-state index in [1.54, 1.807) is 18.3 Å². The monoisotopic (exact) mass is 206 g/mol. The zero-order chi connectivity index (χ0) is 10.1. The minimum atomic E-state index is 0.262. The summed E-state index contributed by atoms with van der Waals surface area (Å²) in [7, 11) is 0. The Morgan fingerprint density at radius 2 is 2.21 bits per heavy atom. The van der Waals surface area contributed by atoms with Crippen LogP contribution in [0, 0.1) is 6.92 Å². The second-order valence-corrected chi connectivity index (χ2v) is 4.12. The van der Waals surface area contributed by atoms with Gasteiger partial charge in [-0.05, 0) is 30.2 Å². The molecular weight excluding hydrogens is 196 g/mol. The third kappa shape index (κ3) is 1.56. The maximum Gasteiger partial charge on any atom is 0.180 e. The van der Waals surface area contributed by atoms with Crippen molar-refractivity contribution in [3.8, 4) is 16.2 Å². The minimum absolute atomic E-state index is 0.262. The first kappa shape index (κ1) is 9.02. The van der Waals surface area contributed by atoms with Crippen molar-refractivity contribution in [3.05, 3.63) is 30.0 Å². The Balaban J connectivity index is 2.55. The highest BCUT2D eigenvalue weighted by Crippen LogP contribution is 2.31. The molecule has 0 aliphatic heterocycles. The Bertz CT molecular complexity index is 465. The molecule has 3 nitrogen and oxygen atoms in total. The van der Waals surface area contributed by atoms with Crippen LogP contribution in [0.1, 0.15) is 5.56 Å². The topological polar surface area (TPSA) is 59.1 Å². The molecule has 0 saturated carbocycles. The van der Waals surface area contributed by atoms with E-state index < -0.39 is 0 Å². The van der Waals surface area contributed by atoms with Gasteiger partial charge in [0.25, 0.3) is 0 Å². The van der Waals surface area contributed by atoms with Crippen molar-refractivity contribution < 1.29 is 5.11 Å². The van der Waals surface area contributed by atoms with E-state index in [0.717, 1.165) is 16.0 Å². The zero-order valence-electron chi connectivity index (χ0n) is 7.69. The van der Waals surface area contributed by atoms with E-state index in [1.165, 1.54) is 11.3 Å². The first-order chi connectivity index (χ1) is 6.66. The number of hydrogen-bond donors (Lipinski definition) is 2. The maximum atomic E-state index is 9.36. The molecule has 0 radical (unpaired) electrons. The Kier molecular flexibility index (Phi) is 2.13. The summed E-state index contributed by atoms with van der Waals surface area (Å²) in [5.74, 6) is 0.262. The highest BCUT2D eigenvalue weighted by Gasteiger charge is 2.06. The normalized spacial score (nSPS) is 10.4. The average Bonchev–Trinajstić information content (AvgIpc) is 2.56. The second-order valence-electron chi connectivity index (χ2n) is 3.06. The number of aryl methyl sites for hydroxylation is 1. The second kappa shape index (κ2) is 3.31. The van der Waals surface area contributed by atoms with Crippen LogP contribution in [0.15, 0.2) is 24.4 Å². The standard InChI is InChI=1S/C10H10N2OS/c1-6-2-3-7(13)4-8(6)9-5-12-10(11)14-9/h2-5,13H,1H3,(H2,11,12). The van der Waals surface area contributed by atoms with Gasteiger partial charge in [-0.25, -0.2) is 4.98 Å². The van der Waals surface area contributed by atoms with Crippen molar-refractivity contribution in [3.63, 3.8) is 0 Å². The lowest BCUT2D eigenvalue weighted by atomic mass is 10.1. The predicted octanol–water partition coefficient (Wildman–Crippen LogP) is 2.41. The molecule has 0 aliphatic rings. The van der Waals surface area contributed by atoms with E-state index >= 15 is 0 Å². The summed E-state index contributed by atoms with van der Waals surface area (Å²) in [6.07, 6.45) is 1.72. The summed E-state index contributed by atoms with van der Waals surface area (Å²) in [6.45, 7) is 1.99. The lowest BCUT2D eigenvalue weighted by Gasteiger charge is -2.02. The summed E-state index contributed by atoms with van der Waals surface area (Å²) in [6, 6.07) is 5.27. The van der Waals surface area contributed by atoms with Gasteiger partial charge in [-0.1, -0.05) is 17.4 Å². The van der Waals surface area contributed by atoms with Crippen LogP contribution in [0.2, 0.25) is 0 Å². The number of nitrogen functional groups attached to an aromatic ring is 1. The number of phenolic OH excluding ortho intramolecular Hbond substituents is 1.